The second-order valence-electron chi connectivity index (χ2n) is 4.03. The van der Waals surface area contributed by atoms with E-state index < -0.39 is 17.8 Å². The highest BCUT2D eigenvalue weighted by Gasteiger charge is 2.25. The third kappa shape index (κ3) is 2.70. The molecule has 1 aliphatic heterocycles. The zero-order valence-electron chi connectivity index (χ0n) is 10.5. The number of imide groups is 1. The minimum absolute atomic E-state index is 0.318. The molecule has 1 aromatic rings. The van der Waals surface area contributed by atoms with Crippen molar-refractivity contribution in [2.45, 2.75) is 13.3 Å². The maximum Gasteiger partial charge on any atom is 0.338 e. The molecule has 0 spiro atoms. The number of amides is 2. The second kappa shape index (κ2) is 5.48. The molecule has 1 aliphatic rings. The fraction of sp³-hybridized carbons (Fsp3) is 0.214. The summed E-state index contributed by atoms with van der Waals surface area (Å²) in [6.45, 7) is 2.24. The Morgan fingerprint density at radius 3 is 2.53 bits per heavy atom. The van der Waals surface area contributed by atoms with Gasteiger partial charge in [0.25, 0.3) is 11.8 Å². The lowest BCUT2D eigenvalue weighted by atomic mass is 10.2. The lowest BCUT2D eigenvalue weighted by Gasteiger charge is -2.14. The van der Waals surface area contributed by atoms with E-state index in [-0.39, 0.29) is 0 Å². The van der Waals surface area contributed by atoms with Crippen molar-refractivity contribution in [2.75, 3.05) is 11.5 Å². The van der Waals surface area contributed by atoms with Crippen LogP contribution in [0.2, 0.25) is 0 Å². The molecule has 19 heavy (non-hydrogen) atoms. The Hall–Kier alpha value is -2.43. The fourth-order valence-electron chi connectivity index (χ4n) is 1.70. The van der Waals surface area contributed by atoms with E-state index in [0.717, 1.165) is 11.3 Å². The lowest BCUT2D eigenvalue weighted by molar-refractivity contribution is -0.119. The first-order valence-corrected chi connectivity index (χ1v) is 5.97. The van der Waals surface area contributed by atoms with Crippen molar-refractivity contribution >= 4 is 23.5 Å². The molecule has 0 saturated heterocycles. The van der Waals surface area contributed by atoms with Crippen molar-refractivity contribution in [1.29, 1.82) is 0 Å². The Morgan fingerprint density at radius 2 is 1.89 bits per heavy atom. The Morgan fingerprint density at radius 1 is 1.21 bits per heavy atom. The van der Waals surface area contributed by atoms with Gasteiger partial charge in [-0.3, -0.25) is 9.59 Å². The van der Waals surface area contributed by atoms with E-state index in [2.05, 4.69) is 0 Å². The molecule has 0 bridgehead atoms. The van der Waals surface area contributed by atoms with E-state index in [4.69, 9.17) is 4.74 Å². The van der Waals surface area contributed by atoms with Crippen LogP contribution in [0.4, 0.5) is 5.69 Å². The molecular formula is C14H13NO4. The van der Waals surface area contributed by atoms with Crippen molar-refractivity contribution in [3.8, 4) is 0 Å². The molecule has 0 N–H and O–H groups in total. The third-order valence-corrected chi connectivity index (χ3v) is 2.59. The second-order valence-corrected chi connectivity index (χ2v) is 4.03. The largest absolute Gasteiger partial charge is 0.462 e. The molecule has 0 atom stereocenters. The maximum atomic E-state index is 11.7. The zero-order valence-corrected chi connectivity index (χ0v) is 10.5. The third-order valence-electron chi connectivity index (χ3n) is 2.59. The van der Waals surface area contributed by atoms with E-state index in [1.807, 2.05) is 6.92 Å². The molecule has 5 heteroatoms. The Bertz CT molecular complexity index is 544. The van der Waals surface area contributed by atoms with Crippen molar-refractivity contribution in [3.63, 3.8) is 0 Å². The highest BCUT2D eigenvalue weighted by Crippen LogP contribution is 2.20. The van der Waals surface area contributed by atoms with Gasteiger partial charge in [-0.1, -0.05) is 13.0 Å². The monoisotopic (exact) mass is 259 g/mol. The summed E-state index contributed by atoms with van der Waals surface area (Å²) in [5.41, 5.74) is 0.685. The summed E-state index contributed by atoms with van der Waals surface area (Å²) in [5, 5.41) is 0. The first-order chi connectivity index (χ1) is 9.13. The Balaban J connectivity index is 2.22. The minimum atomic E-state index is -0.462. The van der Waals surface area contributed by atoms with Gasteiger partial charge in [-0.2, -0.15) is 0 Å². The number of nitrogens with zero attached hydrogens (tertiary/aromatic N) is 1. The summed E-state index contributed by atoms with van der Waals surface area (Å²) >= 11 is 0. The van der Waals surface area contributed by atoms with E-state index in [1.54, 1.807) is 18.2 Å². The molecule has 0 fully saturated rings. The van der Waals surface area contributed by atoms with Crippen LogP contribution >= 0.6 is 0 Å². The van der Waals surface area contributed by atoms with E-state index in [9.17, 15) is 14.4 Å². The van der Waals surface area contributed by atoms with Crippen molar-refractivity contribution in [3.05, 3.63) is 42.0 Å². The van der Waals surface area contributed by atoms with Gasteiger partial charge in [-0.05, 0) is 24.6 Å². The highest BCUT2D eigenvalue weighted by atomic mass is 16.5. The first kappa shape index (κ1) is 13.0. The number of benzene rings is 1. The molecular weight excluding hydrogens is 246 g/mol. The molecule has 0 aliphatic carbocycles. The predicted molar refractivity (Wildman–Crippen MR) is 68.6 cm³/mol. The zero-order chi connectivity index (χ0) is 13.8. The number of hydrogen-bond acceptors (Lipinski definition) is 4. The number of carbonyl (C=O) groups is 3. The molecule has 2 rings (SSSR count). The van der Waals surface area contributed by atoms with Gasteiger partial charge in [-0.15, -0.1) is 0 Å². The van der Waals surface area contributed by atoms with Gasteiger partial charge in [0.1, 0.15) is 0 Å². The summed E-state index contributed by atoms with van der Waals surface area (Å²) in [6, 6.07) is 6.26. The number of ether oxygens (including phenoxy) is 1. The van der Waals surface area contributed by atoms with Crippen molar-refractivity contribution < 1.29 is 19.1 Å². The van der Waals surface area contributed by atoms with E-state index in [1.165, 1.54) is 18.2 Å². The van der Waals surface area contributed by atoms with Crippen LogP contribution in [0.3, 0.4) is 0 Å². The number of anilines is 1. The summed E-state index contributed by atoms with van der Waals surface area (Å²) in [6.07, 6.45) is 3.13. The lowest BCUT2D eigenvalue weighted by Crippen LogP contribution is -2.29. The summed E-state index contributed by atoms with van der Waals surface area (Å²) < 4.78 is 5.01. The van der Waals surface area contributed by atoms with Gasteiger partial charge in [0.15, 0.2) is 0 Å². The van der Waals surface area contributed by atoms with E-state index in [0.29, 0.717) is 17.9 Å². The standard InChI is InChI=1S/C14H13NO4/c1-2-8-19-14(18)10-4-3-5-11(9-10)15-12(16)6-7-13(15)17/h3-7,9H,2,8H2,1H3. The Labute approximate surface area is 110 Å². The quantitative estimate of drug-likeness (QED) is 0.609. The van der Waals surface area contributed by atoms with Crippen LogP contribution in [0.15, 0.2) is 36.4 Å². The summed E-state index contributed by atoms with van der Waals surface area (Å²) in [7, 11) is 0. The van der Waals surface area contributed by atoms with Crippen LogP contribution in [-0.2, 0) is 14.3 Å². The summed E-state index contributed by atoms with van der Waals surface area (Å²) in [5.74, 6) is -1.29. The van der Waals surface area contributed by atoms with Gasteiger partial charge in [0.05, 0.1) is 17.9 Å². The van der Waals surface area contributed by atoms with Crippen molar-refractivity contribution in [1.82, 2.24) is 0 Å². The number of rotatable bonds is 4. The summed E-state index contributed by atoms with van der Waals surface area (Å²) in [4.78, 5) is 35.8. The van der Waals surface area contributed by atoms with Gasteiger partial charge >= 0.3 is 5.97 Å². The topological polar surface area (TPSA) is 63.7 Å². The van der Waals surface area contributed by atoms with Crippen LogP contribution in [0, 0.1) is 0 Å². The number of carbonyl (C=O) groups excluding carboxylic acids is 3. The maximum absolute atomic E-state index is 11.7. The molecule has 0 radical (unpaired) electrons. The molecule has 0 unspecified atom stereocenters. The van der Waals surface area contributed by atoms with Crippen LogP contribution < -0.4 is 4.90 Å². The Kier molecular flexibility index (Phi) is 3.75. The minimum Gasteiger partial charge on any atom is -0.462 e. The average molecular weight is 259 g/mol. The molecule has 0 aromatic heterocycles. The molecule has 2 amide bonds. The van der Waals surface area contributed by atoms with Gasteiger partial charge < -0.3 is 4.74 Å². The van der Waals surface area contributed by atoms with Crippen LogP contribution in [0.25, 0.3) is 0 Å². The smallest absolute Gasteiger partial charge is 0.338 e. The molecule has 1 aromatic carbocycles. The molecule has 0 saturated carbocycles. The number of hydrogen-bond donors (Lipinski definition) is 0. The first-order valence-electron chi connectivity index (χ1n) is 5.97. The predicted octanol–water partition coefficient (Wildman–Crippen LogP) is 1.68. The van der Waals surface area contributed by atoms with Crippen LogP contribution in [0.5, 0.6) is 0 Å². The molecule has 98 valence electrons. The fourth-order valence-corrected chi connectivity index (χ4v) is 1.70. The number of esters is 1. The normalized spacial score (nSPS) is 14.1. The van der Waals surface area contributed by atoms with Crippen LogP contribution in [-0.4, -0.2) is 24.4 Å². The SMILES string of the molecule is CCCOC(=O)c1cccc(N2C(=O)C=CC2=O)c1. The molecule has 1 heterocycles. The van der Waals surface area contributed by atoms with Gasteiger partial charge in [-0.25, -0.2) is 9.69 Å². The van der Waals surface area contributed by atoms with E-state index >= 15 is 0 Å². The van der Waals surface area contributed by atoms with Crippen LogP contribution in [0.1, 0.15) is 23.7 Å². The van der Waals surface area contributed by atoms with Gasteiger partial charge in [0, 0.05) is 12.2 Å². The highest BCUT2D eigenvalue weighted by molar-refractivity contribution is 6.28. The molecule has 5 nitrogen and oxygen atoms in total. The average Bonchev–Trinajstić information content (AvgIpc) is 2.75. The van der Waals surface area contributed by atoms with Crippen molar-refractivity contribution in [2.24, 2.45) is 0 Å². The van der Waals surface area contributed by atoms with Gasteiger partial charge in [0.2, 0.25) is 0 Å².